The highest BCUT2D eigenvalue weighted by Crippen LogP contribution is 2.43. The molecule has 6 fully saturated rings. The summed E-state index contributed by atoms with van der Waals surface area (Å²) >= 11 is 1.60. The Morgan fingerprint density at radius 1 is 0.846 bits per heavy atom. The van der Waals surface area contributed by atoms with E-state index in [-0.39, 0.29) is 71.9 Å². The molecule has 2 bridgehead atoms. The van der Waals surface area contributed by atoms with Crippen molar-refractivity contribution in [3.8, 4) is 27.4 Å². The lowest BCUT2D eigenvalue weighted by atomic mass is 9.83. The maximum absolute atomic E-state index is 17.6. The van der Waals surface area contributed by atoms with Crippen molar-refractivity contribution < 1.29 is 38.2 Å². The Balaban J connectivity index is 0.612. The third kappa shape index (κ3) is 12.8. The van der Waals surface area contributed by atoms with Crippen LogP contribution in [0.25, 0.3) is 43.4 Å². The monoisotopic (exact) mass is 1260 g/mol. The first kappa shape index (κ1) is 62.3. The number of rotatable bonds is 16. The lowest BCUT2D eigenvalue weighted by Crippen LogP contribution is -2.57. The molecular weight excluding hydrogens is 1170 g/mol. The summed E-state index contributed by atoms with van der Waals surface area (Å²) in [6, 6.07) is 17.9. The molecule has 6 atom stereocenters. The molecule has 0 aliphatic carbocycles. The molecule has 4 aromatic heterocycles. The summed E-state index contributed by atoms with van der Waals surface area (Å²) < 4.78 is 29.5. The number of aromatic hydroxyl groups is 1. The number of aliphatic hydroxyl groups is 1. The highest BCUT2D eigenvalue weighted by Gasteiger charge is 2.47. The molecule has 0 radical (unpaired) electrons. The van der Waals surface area contributed by atoms with Gasteiger partial charge in [0.25, 0.3) is 0 Å². The number of β-amino-alcohol motifs (C(OH)–C–C–N with tert-alkyl or cyclic N) is 1. The number of nitrogens with one attached hydrogen (secondary N) is 1. The third-order valence-corrected chi connectivity index (χ3v) is 21.2. The third-order valence-electron chi connectivity index (χ3n) is 20.2. The van der Waals surface area contributed by atoms with E-state index in [1.54, 1.807) is 29.7 Å². The zero-order chi connectivity index (χ0) is 63.6. The van der Waals surface area contributed by atoms with Gasteiger partial charge in [-0.15, -0.1) is 11.3 Å². The van der Waals surface area contributed by atoms with E-state index in [0.717, 1.165) is 141 Å². The Hall–Kier alpha value is -7.49. The molecule has 19 nitrogen and oxygen atoms in total. The fraction of sp³-hybridized carbons (Fsp3) is 0.543. The highest BCUT2D eigenvalue weighted by molar-refractivity contribution is 7.13. The number of likely N-dealkylation sites (tertiary alicyclic amines) is 2. The minimum Gasteiger partial charge on any atom is -0.508 e. The standard InChI is InChI=1S/C70H87FN12O7S/c1-9-46-11-10-12-49-28-52(84)29-54(60(46)49)62-61(71)63-55(32-72-62)65(81-36-50-17-18-51(37-81)83(50)69(88)89-70(6,7)8)76-68(75-63)79-25-21-44(22-26-79)33-78-23-19-43(20-24-78)27-45-34-80(35-45)58-31-57(90-77-58)59(40(2)3)67(87)82-38-53(85)30-56(82)66(86)74-41(4)47-13-15-48(16-14-47)64-42(5)73-39-91-64/h10-16,28-29,31-32,39-41,43-45,50-51,53,56,59,84-85H,9,17-27,30,33-38H2,1-8H3,(H,74,86)/t41?,50?,51?,53-,56+,59?/m1/s1. The first-order valence-corrected chi connectivity index (χ1v) is 34.0. The van der Waals surface area contributed by atoms with Crippen LogP contribution in [0.5, 0.6) is 5.75 Å². The van der Waals surface area contributed by atoms with Crippen molar-refractivity contribution in [3.63, 3.8) is 0 Å². The lowest BCUT2D eigenvalue weighted by Gasteiger charge is -2.43. The number of fused-ring (bicyclic) bond motifs is 4. The number of piperazine rings is 1. The van der Waals surface area contributed by atoms with Gasteiger partial charge in [-0.1, -0.05) is 68.4 Å². The number of phenolic OH excluding ortho intramolecular Hbond substituents is 1. The Morgan fingerprint density at radius 3 is 2.25 bits per heavy atom. The summed E-state index contributed by atoms with van der Waals surface area (Å²) in [4.78, 5) is 75.3. The van der Waals surface area contributed by atoms with Crippen LogP contribution in [0.2, 0.25) is 0 Å². The molecule has 13 rings (SSSR count). The molecule has 10 heterocycles. The van der Waals surface area contributed by atoms with Crippen LogP contribution in [0.15, 0.2) is 76.9 Å². The van der Waals surface area contributed by atoms with Crippen LogP contribution in [0.4, 0.5) is 26.8 Å². The number of anilines is 3. The maximum Gasteiger partial charge on any atom is 0.410 e. The van der Waals surface area contributed by atoms with Gasteiger partial charge in [0, 0.05) is 76.6 Å². The van der Waals surface area contributed by atoms with Crippen LogP contribution in [0, 0.1) is 36.4 Å². The van der Waals surface area contributed by atoms with Crippen molar-refractivity contribution in [1.29, 1.82) is 0 Å². The number of pyridine rings is 1. The molecule has 3 amide bonds. The fourth-order valence-electron chi connectivity index (χ4n) is 15.4. The second-order valence-electron chi connectivity index (χ2n) is 28.1. The molecule has 6 aliphatic rings. The van der Waals surface area contributed by atoms with E-state index in [1.807, 2.05) is 107 Å². The van der Waals surface area contributed by atoms with E-state index in [1.165, 1.54) is 4.90 Å². The number of carbonyl (C=O) groups is 3. The minimum atomic E-state index is -0.816. The van der Waals surface area contributed by atoms with Crippen molar-refractivity contribution in [1.82, 2.24) is 45.1 Å². The predicted octanol–water partition coefficient (Wildman–Crippen LogP) is 11.3. The van der Waals surface area contributed by atoms with E-state index in [0.29, 0.717) is 59.3 Å². The van der Waals surface area contributed by atoms with E-state index in [2.05, 4.69) is 42.0 Å². The number of thiazole rings is 1. The molecule has 6 aliphatic heterocycles. The Morgan fingerprint density at radius 2 is 1.57 bits per heavy atom. The summed E-state index contributed by atoms with van der Waals surface area (Å²) in [6.45, 7) is 23.2. The van der Waals surface area contributed by atoms with Gasteiger partial charge in [0.05, 0.1) is 45.7 Å². The molecule has 482 valence electrons. The Bertz CT molecular complexity index is 3800. The number of carbonyl (C=O) groups excluding carboxylic acids is 3. The van der Waals surface area contributed by atoms with Crippen molar-refractivity contribution >= 4 is 68.5 Å². The van der Waals surface area contributed by atoms with Gasteiger partial charge in [0.1, 0.15) is 40.3 Å². The summed E-state index contributed by atoms with van der Waals surface area (Å²) in [6.07, 6.45) is 8.55. The molecule has 3 N–H and O–H groups in total. The summed E-state index contributed by atoms with van der Waals surface area (Å²) in [5.41, 5.74) is 6.10. The van der Waals surface area contributed by atoms with Crippen molar-refractivity contribution in [3.05, 3.63) is 101 Å². The topological polar surface area (TPSA) is 210 Å². The number of phenols is 1. The average molecular weight is 1260 g/mol. The van der Waals surface area contributed by atoms with Crippen LogP contribution in [0.1, 0.15) is 134 Å². The number of piperidine rings is 2. The zero-order valence-corrected chi connectivity index (χ0v) is 54.6. The van der Waals surface area contributed by atoms with Crippen LogP contribution >= 0.6 is 11.3 Å². The molecule has 4 unspecified atom stereocenters. The Kier molecular flexibility index (Phi) is 17.5. The van der Waals surface area contributed by atoms with Gasteiger partial charge in [-0.2, -0.15) is 4.98 Å². The number of hydrogen-bond acceptors (Lipinski definition) is 17. The van der Waals surface area contributed by atoms with Gasteiger partial charge in [-0.05, 0) is 162 Å². The fourth-order valence-corrected chi connectivity index (χ4v) is 16.2. The van der Waals surface area contributed by atoms with Crippen molar-refractivity contribution in [2.24, 2.45) is 23.7 Å². The largest absolute Gasteiger partial charge is 0.508 e. The number of aryl methyl sites for hydroxylation is 2. The normalized spacial score (nSPS) is 21.9. The van der Waals surface area contributed by atoms with Gasteiger partial charge in [-0.25, -0.2) is 19.2 Å². The lowest BCUT2D eigenvalue weighted by molar-refractivity contribution is -0.141. The number of halogens is 1. The zero-order valence-electron chi connectivity index (χ0n) is 53.8. The average Bonchev–Trinajstić information content (AvgIpc) is 1.55. The number of benzene rings is 3. The number of nitrogens with zero attached hydrogens (tertiary/aromatic N) is 11. The van der Waals surface area contributed by atoms with Crippen LogP contribution in [-0.2, 0) is 20.7 Å². The van der Waals surface area contributed by atoms with Crippen LogP contribution < -0.4 is 20.0 Å². The molecule has 3 aromatic carbocycles. The molecule has 0 spiro atoms. The maximum atomic E-state index is 17.6. The van der Waals surface area contributed by atoms with Crippen molar-refractivity contribution in [2.75, 3.05) is 80.1 Å². The van der Waals surface area contributed by atoms with E-state index >= 15 is 4.39 Å². The second kappa shape index (κ2) is 25.5. The van der Waals surface area contributed by atoms with Crippen LogP contribution in [-0.4, -0.2) is 163 Å². The van der Waals surface area contributed by atoms with Gasteiger partial charge >= 0.3 is 6.09 Å². The van der Waals surface area contributed by atoms with Gasteiger partial charge < -0.3 is 49.3 Å². The van der Waals surface area contributed by atoms with E-state index < -0.39 is 29.5 Å². The summed E-state index contributed by atoms with van der Waals surface area (Å²) in [5.74, 6) is 2.14. The van der Waals surface area contributed by atoms with Crippen molar-refractivity contribution in [2.45, 2.75) is 155 Å². The second-order valence-corrected chi connectivity index (χ2v) is 28.9. The quantitative estimate of drug-likeness (QED) is 0.0821. The molecule has 6 saturated heterocycles. The van der Waals surface area contributed by atoms with Crippen LogP contribution in [0.3, 0.4) is 0 Å². The number of hydrogen-bond donors (Lipinski definition) is 3. The van der Waals surface area contributed by atoms with E-state index in [4.69, 9.17) is 24.2 Å². The molecular formula is C70H87FN12O7S. The van der Waals surface area contributed by atoms with Gasteiger partial charge in [0.2, 0.25) is 17.8 Å². The SMILES string of the molecule is CCc1cccc2cc(O)cc(-c3ncc4c(N5CC6CCC(C5)N6C(=O)OC(C)(C)C)nc(N5CCC(CN6CCC(CC7CN(c8cc(C(C(=O)N9C[C@H](O)C[C@H]9C(=O)NC(C)c9ccc(-c%10scnc%10C)cc9)C(C)C)on8)C7)CC6)CC5)nc4c3F)c12. The summed E-state index contributed by atoms with van der Waals surface area (Å²) in [7, 11) is 0. The minimum absolute atomic E-state index is 0.0369. The number of aliphatic hydroxyl groups excluding tert-OH is 1. The number of aromatic nitrogens is 5. The molecule has 0 saturated carbocycles. The first-order chi connectivity index (χ1) is 43.7. The van der Waals surface area contributed by atoms with E-state index in [9.17, 15) is 24.6 Å². The smallest absolute Gasteiger partial charge is 0.410 e. The first-order valence-electron chi connectivity index (χ1n) is 33.1. The summed E-state index contributed by atoms with van der Waals surface area (Å²) in [5, 5.41) is 31.6. The number of ether oxygens (including phenoxy) is 1. The predicted molar refractivity (Wildman–Crippen MR) is 352 cm³/mol. The Labute approximate surface area is 536 Å². The van der Waals surface area contributed by atoms with Gasteiger partial charge in [-0.3, -0.25) is 19.5 Å². The van der Waals surface area contributed by atoms with Gasteiger partial charge in [0.15, 0.2) is 17.4 Å². The number of amides is 3. The highest BCUT2D eigenvalue weighted by atomic mass is 32.1. The molecule has 91 heavy (non-hydrogen) atoms. The molecule has 21 heteroatoms. The molecule has 7 aromatic rings.